The molecule has 1 N–H and O–H groups in total. The Kier molecular flexibility index (Phi) is 8.52. The molecule has 9 nitrogen and oxygen atoms in total. The first-order valence-corrected chi connectivity index (χ1v) is 10.8. The van der Waals surface area contributed by atoms with E-state index in [2.05, 4.69) is 25.7 Å². The fourth-order valence-electron chi connectivity index (χ4n) is 2.91. The molecular weight excluding hydrogens is 455 g/mol. The van der Waals surface area contributed by atoms with Crippen LogP contribution in [-0.2, 0) is 28.9 Å². The van der Waals surface area contributed by atoms with Gasteiger partial charge in [0.05, 0.1) is 12.6 Å². The van der Waals surface area contributed by atoms with E-state index in [4.69, 9.17) is 27.9 Å². The number of Topliss-reactive ketones (excluding diaryl/α,β-unsaturated/α-hetero) is 1. The van der Waals surface area contributed by atoms with Gasteiger partial charge in [0.15, 0.2) is 11.6 Å². The van der Waals surface area contributed by atoms with Gasteiger partial charge in [-0.15, -0.1) is 10.2 Å². The molecule has 0 saturated heterocycles. The second-order valence-corrected chi connectivity index (χ2v) is 7.71. The Balaban J connectivity index is 1.50. The van der Waals surface area contributed by atoms with Crippen molar-refractivity contribution in [1.29, 1.82) is 0 Å². The molecular formula is C21H22Cl2N6O3. The summed E-state index contributed by atoms with van der Waals surface area (Å²) in [6.45, 7) is 1.80. The van der Waals surface area contributed by atoms with E-state index >= 15 is 0 Å². The van der Waals surface area contributed by atoms with E-state index in [-0.39, 0.29) is 25.4 Å². The number of nitrogens with one attached hydrogen (secondary N) is 1. The summed E-state index contributed by atoms with van der Waals surface area (Å²) in [6.07, 6.45) is 2.17. The maximum absolute atomic E-state index is 12.6. The fraction of sp³-hybridized carbons (Fsp3) is 0.333. The molecule has 0 spiro atoms. The summed E-state index contributed by atoms with van der Waals surface area (Å²) in [5, 5.41) is 15.7. The number of rotatable bonds is 10. The third-order valence-electron chi connectivity index (χ3n) is 4.59. The van der Waals surface area contributed by atoms with Crippen LogP contribution in [-0.4, -0.2) is 49.7 Å². The number of hydrogen-bond donors (Lipinski definition) is 1. The number of pyridine rings is 1. The number of alkyl carbamates (subject to hydrolysis) is 1. The standard InChI is InChI=1S/C21H22Cl2N6O3/c1-2-18(25-21(31)32-11-9-14-6-3-4-10-24-14)19(30)13-29-27-20(26-28-29)12-15-16(22)7-5-8-17(15)23/h3-8,10,18H,2,9,11-13H2,1H3,(H,25,31). The van der Waals surface area contributed by atoms with Crippen LogP contribution in [0.1, 0.15) is 30.4 Å². The molecule has 0 aliphatic rings. The topological polar surface area (TPSA) is 112 Å². The third-order valence-corrected chi connectivity index (χ3v) is 5.30. The highest BCUT2D eigenvalue weighted by molar-refractivity contribution is 6.36. The van der Waals surface area contributed by atoms with Gasteiger partial charge in [0, 0.05) is 34.8 Å². The number of carbonyl (C=O) groups excluding carboxylic acids is 2. The number of hydrogen-bond acceptors (Lipinski definition) is 7. The number of amides is 1. The molecule has 0 aliphatic heterocycles. The first kappa shape index (κ1) is 23.6. The molecule has 0 aliphatic carbocycles. The summed E-state index contributed by atoms with van der Waals surface area (Å²) in [5.74, 6) is 0.108. The van der Waals surface area contributed by atoms with Gasteiger partial charge in [0.25, 0.3) is 0 Å². The maximum atomic E-state index is 12.6. The SMILES string of the molecule is CCC(NC(=O)OCCc1ccccn1)C(=O)Cn1nnc(Cc2c(Cl)cccc2Cl)n1. The van der Waals surface area contributed by atoms with Crippen LogP contribution in [0.25, 0.3) is 0 Å². The molecule has 0 saturated carbocycles. The second-order valence-electron chi connectivity index (χ2n) is 6.89. The van der Waals surface area contributed by atoms with Crippen LogP contribution in [0.5, 0.6) is 0 Å². The van der Waals surface area contributed by atoms with E-state index in [1.54, 1.807) is 31.3 Å². The Hall–Kier alpha value is -3.04. The van der Waals surface area contributed by atoms with E-state index in [1.807, 2.05) is 18.2 Å². The molecule has 2 heterocycles. The van der Waals surface area contributed by atoms with E-state index in [0.29, 0.717) is 34.3 Å². The average Bonchev–Trinajstić information content (AvgIpc) is 3.22. The summed E-state index contributed by atoms with van der Waals surface area (Å²) in [6, 6.07) is 9.99. The molecule has 1 amide bonds. The summed E-state index contributed by atoms with van der Waals surface area (Å²) in [5.41, 5.74) is 1.50. The minimum atomic E-state index is -0.732. The lowest BCUT2D eigenvalue weighted by Gasteiger charge is -2.15. The third kappa shape index (κ3) is 6.73. The number of nitrogens with zero attached hydrogens (tertiary/aromatic N) is 5. The van der Waals surface area contributed by atoms with Crippen LogP contribution in [0.15, 0.2) is 42.6 Å². The molecule has 11 heteroatoms. The first-order chi connectivity index (χ1) is 15.5. The van der Waals surface area contributed by atoms with Gasteiger partial charge in [-0.2, -0.15) is 4.80 Å². The Morgan fingerprint density at radius 1 is 1.16 bits per heavy atom. The van der Waals surface area contributed by atoms with E-state index in [1.165, 1.54) is 4.80 Å². The van der Waals surface area contributed by atoms with Gasteiger partial charge in [0.1, 0.15) is 6.54 Å². The number of carbonyl (C=O) groups is 2. The van der Waals surface area contributed by atoms with Crippen LogP contribution in [0, 0.1) is 0 Å². The number of benzene rings is 1. The molecule has 32 heavy (non-hydrogen) atoms. The Bertz CT molecular complexity index is 1040. The van der Waals surface area contributed by atoms with Crippen molar-refractivity contribution in [3.05, 3.63) is 69.7 Å². The van der Waals surface area contributed by atoms with Crippen LogP contribution < -0.4 is 5.32 Å². The van der Waals surface area contributed by atoms with Crippen LogP contribution in [0.3, 0.4) is 0 Å². The zero-order valence-electron chi connectivity index (χ0n) is 17.4. The summed E-state index contributed by atoms with van der Waals surface area (Å²) < 4.78 is 5.15. The largest absolute Gasteiger partial charge is 0.449 e. The van der Waals surface area contributed by atoms with Gasteiger partial charge in [0.2, 0.25) is 0 Å². The average molecular weight is 477 g/mol. The van der Waals surface area contributed by atoms with Crippen molar-refractivity contribution in [3.8, 4) is 0 Å². The fourth-order valence-corrected chi connectivity index (χ4v) is 3.44. The molecule has 2 aromatic heterocycles. The summed E-state index contributed by atoms with van der Waals surface area (Å²) >= 11 is 12.3. The smallest absolute Gasteiger partial charge is 0.407 e. The predicted molar refractivity (Wildman–Crippen MR) is 119 cm³/mol. The van der Waals surface area contributed by atoms with E-state index < -0.39 is 12.1 Å². The lowest BCUT2D eigenvalue weighted by molar-refractivity contribution is -0.122. The quantitative estimate of drug-likeness (QED) is 0.477. The lowest BCUT2D eigenvalue weighted by Crippen LogP contribution is -2.42. The zero-order chi connectivity index (χ0) is 22.9. The van der Waals surface area contributed by atoms with Crippen molar-refractivity contribution in [1.82, 2.24) is 30.5 Å². The van der Waals surface area contributed by atoms with Crippen molar-refractivity contribution in [2.75, 3.05) is 6.61 Å². The number of halogens is 2. The van der Waals surface area contributed by atoms with Gasteiger partial charge in [-0.1, -0.05) is 42.3 Å². The van der Waals surface area contributed by atoms with Crippen LogP contribution in [0.2, 0.25) is 10.0 Å². The molecule has 168 valence electrons. The highest BCUT2D eigenvalue weighted by Gasteiger charge is 2.21. The van der Waals surface area contributed by atoms with Gasteiger partial charge >= 0.3 is 6.09 Å². The van der Waals surface area contributed by atoms with Crippen LogP contribution in [0.4, 0.5) is 4.79 Å². The van der Waals surface area contributed by atoms with Gasteiger partial charge in [-0.3, -0.25) is 9.78 Å². The van der Waals surface area contributed by atoms with Crippen molar-refractivity contribution < 1.29 is 14.3 Å². The van der Waals surface area contributed by atoms with E-state index in [9.17, 15) is 9.59 Å². The van der Waals surface area contributed by atoms with Crippen molar-refractivity contribution >= 4 is 35.1 Å². The van der Waals surface area contributed by atoms with Gasteiger partial charge in [-0.05, 0) is 41.5 Å². The Morgan fingerprint density at radius 2 is 1.94 bits per heavy atom. The molecule has 1 unspecified atom stereocenters. The molecule has 1 atom stereocenters. The Labute approximate surface area is 195 Å². The normalized spacial score (nSPS) is 11.7. The second kappa shape index (κ2) is 11.5. The predicted octanol–water partition coefficient (Wildman–Crippen LogP) is 3.28. The van der Waals surface area contributed by atoms with Crippen molar-refractivity contribution in [3.63, 3.8) is 0 Å². The van der Waals surface area contributed by atoms with E-state index in [0.717, 1.165) is 5.69 Å². The number of ether oxygens (including phenoxy) is 1. The molecule has 0 fully saturated rings. The number of ketones is 1. The lowest BCUT2D eigenvalue weighted by atomic mass is 10.1. The van der Waals surface area contributed by atoms with Gasteiger partial charge < -0.3 is 10.1 Å². The minimum absolute atomic E-state index is 0.143. The minimum Gasteiger partial charge on any atom is -0.449 e. The highest BCUT2D eigenvalue weighted by Crippen LogP contribution is 2.25. The first-order valence-electron chi connectivity index (χ1n) is 10.0. The van der Waals surface area contributed by atoms with Crippen molar-refractivity contribution in [2.45, 2.75) is 38.8 Å². The maximum Gasteiger partial charge on any atom is 0.407 e. The zero-order valence-corrected chi connectivity index (χ0v) is 18.9. The number of aromatic nitrogens is 5. The van der Waals surface area contributed by atoms with Crippen LogP contribution >= 0.6 is 23.2 Å². The molecule has 0 bridgehead atoms. The Morgan fingerprint density at radius 3 is 2.62 bits per heavy atom. The summed E-state index contributed by atoms with van der Waals surface area (Å²) in [7, 11) is 0. The monoisotopic (exact) mass is 476 g/mol. The molecule has 3 aromatic rings. The summed E-state index contributed by atoms with van der Waals surface area (Å²) in [4.78, 5) is 30.0. The number of tetrazole rings is 1. The van der Waals surface area contributed by atoms with Crippen molar-refractivity contribution in [2.24, 2.45) is 0 Å². The molecule has 0 radical (unpaired) electrons. The van der Waals surface area contributed by atoms with Gasteiger partial charge in [-0.25, -0.2) is 4.79 Å². The highest BCUT2D eigenvalue weighted by atomic mass is 35.5. The molecule has 3 rings (SSSR count). The molecule has 1 aromatic carbocycles.